The molecular formula is C13H16N4O. The highest BCUT2D eigenvalue weighted by molar-refractivity contribution is 5.94. The molecule has 1 aliphatic rings. The van der Waals surface area contributed by atoms with Crippen LogP contribution in [0, 0.1) is 12.8 Å². The van der Waals surface area contributed by atoms with Crippen LogP contribution in [0.15, 0.2) is 23.3 Å². The number of benzene rings is 1. The molecule has 1 aromatic carbocycles. The Morgan fingerprint density at radius 2 is 2.17 bits per heavy atom. The maximum Gasteiger partial charge on any atom is 0.227 e. The van der Waals surface area contributed by atoms with Crippen molar-refractivity contribution in [2.24, 2.45) is 11.0 Å². The first-order valence-corrected chi connectivity index (χ1v) is 6.18. The number of hydrogen-bond donors (Lipinski definition) is 1. The third kappa shape index (κ3) is 2.63. The van der Waals surface area contributed by atoms with Gasteiger partial charge in [0.2, 0.25) is 5.91 Å². The monoisotopic (exact) mass is 244 g/mol. The van der Waals surface area contributed by atoms with Gasteiger partial charge in [0.1, 0.15) is 0 Å². The third-order valence-corrected chi connectivity index (χ3v) is 3.44. The molecule has 0 bridgehead atoms. The van der Waals surface area contributed by atoms with Crippen molar-refractivity contribution in [3.05, 3.63) is 34.2 Å². The number of azide groups is 1. The van der Waals surface area contributed by atoms with Crippen LogP contribution >= 0.6 is 0 Å². The average Bonchev–Trinajstić information content (AvgIpc) is 2.88. The zero-order valence-electron chi connectivity index (χ0n) is 10.4. The zero-order valence-corrected chi connectivity index (χ0v) is 10.4. The van der Waals surface area contributed by atoms with Crippen LogP contribution in [0.1, 0.15) is 31.2 Å². The molecule has 1 N–H and O–H groups in total. The van der Waals surface area contributed by atoms with Gasteiger partial charge in [-0.15, -0.1) is 0 Å². The molecule has 0 aliphatic heterocycles. The summed E-state index contributed by atoms with van der Waals surface area (Å²) in [6.07, 6.45) is 4.22. The van der Waals surface area contributed by atoms with Crippen molar-refractivity contribution in [2.45, 2.75) is 32.6 Å². The summed E-state index contributed by atoms with van der Waals surface area (Å²) in [7, 11) is 0. The highest BCUT2D eigenvalue weighted by atomic mass is 16.1. The molecule has 1 aromatic rings. The Kier molecular flexibility index (Phi) is 3.85. The summed E-state index contributed by atoms with van der Waals surface area (Å²) in [5.41, 5.74) is 10.6. The van der Waals surface area contributed by atoms with E-state index < -0.39 is 0 Å². The topological polar surface area (TPSA) is 77.9 Å². The molecule has 5 heteroatoms. The van der Waals surface area contributed by atoms with Crippen molar-refractivity contribution >= 4 is 17.3 Å². The first kappa shape index (κ1) is 12.5. The van der Waals surface area contributed by atoms with Crippen LogP contribution in [-0.4, -0.2) is 5.91 Å². The Hall–Kier alpha value is -2.00. The van der Waals surface area contributed by atoms with E-state index in [1.54, 1.807) is 12.1 Å². The molecule has 0 atom stereocenters. The summed E-state index contributed by atoms with van der Waals surface area (Å²) in [5, 5.41) is 6.53. The summed E-state index contributed by atoms with van der Waals surface area (Å²) < 4.78 is 0. The Morgan fingerprint density at radius 1 is 1.44 bits per heavy atom. The molecule has 1 amide bonds. The molecule has 5 nitrogen and oxygen atoms in total. The highest BCUT2D eigenvalue weighted by Gasteiger charge is 2.22. The molecule has 0 saturated heterocycles. The van der Waals surface area contributed by atoms with Gasteiger partial charge in [-0.1, -0.05) is 30.1 Å². The summed E-state index contributed by atoms with van der Waals surface area (Å²) in [6.45, 7) is 1.84. The summed E-state index contributed by atoms with van der Waals surface area (Å²) >= 11 is 0. The molecule has 2 rings (SSSR count). The Labute approximate surface area is 106 Å². The van der Waals surface area contributed by atoms with Crippen molar-refractivity contribution in [3.63, 3.8) is 0 Å². The van der Waals surface area contributed by atoms with E-state index in [0.717, 1.165) is 36.9 Å². The fraction of sp³-hybridized carbons (Fsp3) is 0.462. The third-order valence-electron chi connectivity index (χ3n) is 3.44. The van der Waals surface area contributed by atoms with Gasteiger partial charge in [-0.25, -0.2) is 0 Å². The van der Waals surface area contributed by atoms with Crippen LogP contribution in [0.25, 0.3) is 10.4 Å². The van der Waals surface area contributed by atoms with Crippen molar-refractivity contribution in [1.82, 2.24) is 0 Å². The van der Waals surface area contributed by atoms with Gasteiger partial charge in [0.05, 0.1) is 0 Å². The van der Waals surface area contributed by atoms with Gasteiger partial charge in [-0.05, 0) is 36.9 Å². The predicted octanol–water partition coefficient (Wildman–Crippen LogP) is 4.07. The minimum atomic E-state index is 0.0775. The van der Waals surface area contributed by atoms with E-state index in [0.29, 0.717) is 5.69 Å². The largest absolute Gasteiger partial charge is 0.326 e. The van der Waals surface area contributed by atoms with E-state index >= 15 is 0 Å². The Balaban J connectivity index is 2.15. The standard InChI is InChI=1S/C13H16N4O/c1-9-11(7-4-8-12(9)16-17-14)15-13(18)10-5-2-3-6-10/h4,7-8,10H,2-3,5-6H2,1H3,(H,15,18). The number of carbonyl (C=O) groups excluding carboxylic acids is 1. The number of hydrogen-bond acceptors (Lipinski definition) is 2. The second kappa shape index (κ2) is 5.56. The molecule has 0 heterocycles. The minimum absolute atomic E-state index is 0.0775. The highest BCUT2D eigenvalue weighted by Crippen LogP contribution is 2.29. The quantitative estimate of drug-likeness (QED) is 0.485. The van der Waals surface area contributed by atoms with Gasteiger partial charge in [0.15, 0.2) is 0 Å². The Morgan fingerprint density at radius 3 is 2.83 bits per heavy atom. The van der Waals surface area contributed by atoms with Crippen molar-refractivity contribution in [2.75, 3.05) is 5.32 Å². The second-order valence-corrected chi connectivity index (χ2v) is 4.61. The average molecular weight is 244 g/mol. The van der Waals surface area contributed by atoms with Gasteiger partial charge in [-0.2, -0.15) is 0 Å². The van der Waals surface area contributed by atoms with E-state index in [1.807, 2.05) is 13.0 Å². The molecule has 0 aromatic heterocycles. The van der Waals surface area contributed by atoms with Gasteiger partial charge in [0.25, 0.3) is 0 Å². The van der Waals surface area contributed by atoms with Crippen LogP contribution in [0.5, 0.6) is 0 Å². The lowest BCUT2D eigenvalue weighted by atomic mass is 10.1. The van der Waals surface area contributed by atoms with E-state index in [2.05, 4.69) is 15.3 Å². The molecular weight excluding hydrogens is 228 g/mol. The number of rotatable bonds is 3. The van der Waals surface area contributed by atoms with Gasteiger partial charge in [-0.3, -0.25) is 4.79 Å². The lowest BCUT2D eigenvalue weighted by Gasteiger charge is -2.13. The Bertz CT molecular complexity index is 500. The van der Waals surface area contributed by atoms with Gasteiger partial charge < -0.3 is 5.32 Å². The fourth-order valence-corrected chi connectivity index (χ4v) is 2.34. The predicted molar refractivity (Wildman–Crippen MR) is 70.6 cm³/mol. The maximum absolute atomic E-state index is 12.0. The SMILES string of the molecule is Cc1c(N=[N+]=[N-])cccc1NC(=O)C1CCCC1. The van der Waals surface area contributed by atoms with Crippen molar-refractivity contribution in [1.29, 1.82) is 0 Å². The molecule has 1 saturated carbocycles. The van der Waals surface area contributed by atoms with E-state index in [4.69, 9.17) is 5.53 Å². The number of nitrogens with one attached hydrogen (secondary N) is 1. The van der Waals surface area contributed by atoms with E-state index in [-0.39, 0.29) is 11.8 Å². The molecule has 1 aliphatic carbocycles. The van der Waals surface area contributed by atoms with Crippen LogP contribution in [-0.2, 0) is 4.79 Å². The summed E-state index contributed by atoms with van der Waals surface area (Å²) in [5.74, 6) is 0.209. The van der Waals surface area contributed by atoms with Crippen LogP contribution in [0.2, 0.25) is 0 Å². The maximum atomic E-state index is 12.0. The summed E-state index contributed by atoms with van der Waals surface area (Å²) in [6, 6.07) is 5.35. The second-order valence-electron chi connectivity index (χ2n) is 4.61. The van der Waals surface area contributed by atoms with Crippen LogP contribution < -0.4 is 5.32 Å². The number of nitrogens with zero attached hydrogens (tertiary/aromatic N) is 3. The smallest absolute Gasteiger partial charge is 0.227 e. The van der Waals surface area contributed by atoms with E-state index in [9.17, 15) is 4.79 Å². The van der Waals surface area contributed by atoms with Crippen LogP contribution in [0.3, 0.4) is 0 Å². The van der Waals surface area contributed by atoms with Crippen LogP contribution in [0.4, 0.5) is 11.4 Å². The first-order chi connectivity index (χ1) is 8.72. The molecule has 0 radical (unpaired) electrons. The lowest BCUT2D eigenvalue weighted by Crippen LogP contribution is -2.20. The molecule has 0 unspecified atom stereocenters. The number of carbonyl (C=O) groups is 1. The fourth-order valence-electron chi connectivity index (χ4n) is 2.34. The molecule has 0 spiro atoms. The van der Waals surface area contributed by atoms with Crippen molar-refractivity contribution in [3.8, 4) is 0 Å². The lowest BCUT2D eigenvalue weighted by molar-refractivity contribution is -0.119. The molecule has 18 heavy (non-hydrogen) atoms. The van der Waals surface area contributed by atoms with E-state index in [1.165, 1.54) is 0 Å². The molecule has 1 fully saturated rings. The van der Waals surface area contributed by atoms with Gasteiger partial charge in [0, 0.05) is 22.2 Å². The number of amides is 1. The van der Waals surface area contributed by atoms with Crippen molar-refractivity contribution < 1.29 is 4.79 Å². The minimum Gasteiger partial charge on any atom is -0.326 e. The molecule has 94 valence electrons. The zero-order chi connectivity index (χ0) is 13.0. The number of anilines is 1. The first-order valence-electron chi connectivity index (χ1n) is 6.18. The normalized spacial score (nSPS) is 15.2. The van der Waals surface area contributed by atoms with Gasteiger partial charge >= 0.3 is 0 Å². The summed E-state index contributed by atoms with van der Waals surface area (Å²) in [4.78, 5) is 14.8.